The van der Waals surface area contributed by atoms with Crippen LogP contribution in [0.4, 0.5) is 0 Å². The maximum atomic E-state index is 11.6. The molecule has 1 rings (SSSR count). The normalized spacial score (nSPS) is 25.8. The van der Waals surface area contributed by atoms with Gasteiger partial charge in [-0.05, 0) is 32.6 Å². The van der Waals surface area contributed by atoms with Gasteiger partial charge in [0.2, 0.25) is 5.91 Å². The molecule has 1 N–H and O–H groups in total. The van der Waals surface area contributed by atoms with E-state index in [1.165, 1.54) is 19.3 Å². The van der Waals surface area contributed by atoms with Gasteiger partial charge in [-0.25, -0.2) is 0 Å². The summed E-state index contributed by atoms with van der Waals surface area (Å²) in [6.07, 6.45) is 6.20. The Hall–Kier alpha value is -0.570. The molecule has 0 aliphatic heterocycles. The molecule has 2 atom stereocenters. The van der Waals surface area contributed by atoms with E-state index in [-0.39, 0.29) is 18.6 Å². The third kappa shape index (κ3) is 4.97. The summed E-state index contributed by atoms with van der Waals surface area (Å²) < 4.78 is 5.29. The summed E-state index contributed by atoms with van der Waals surface area (Å²) in [5, 5.41) is 3.07. The third-order valence-electron chi connectivity index (χ3n) is 3.27. The van der Waals surface area contributed by atoms with Gasteiger partial charge in [-0.1, -0.05) is 26.2 Å². The van der Waals surface area contributed by atoms with E-state index in [0.29, 0.717) is 6.04 Å². The maximum Gasteiger partial charge on any atom is 0.246 e. The van der Waals surface area contributed by atoms with E-state index in [1.54, 1.807) is 0 Å². The Morgan fingerprint density at radius 2 is 2.19 bits per heavy atom. The highest BCUT2D eigenvalue weighted by Gasteiger charge is 2.21. The average Bonchev–Trinajstić information content (AvgIpc) is 2.26. The van der Waals surface area contributed by atoms with Gasteiger partial charge >= 0.3 is 0 Å². The number of hydrogen-bond donors (Lipinski definition) is 1. The average molecular weight is 227 g/mol. The van der Waals surface area contributed by atoms with E-state index in [2.05, 4.69) is 12.2 Å². The number of ether oxygens (including phenoxy) is 1. The zero-order chi connectivity index (χ0) is 12.0. The molecule has 0 bridgehead atoms. The van der Waals surface area contributed by atoms with Crippen molar-refractivity contribution in [2.45, 2.75) is 65.0 Å². The molecule has 2 unspecified atom stereocenters. The number of carbonyl (C=O) groups excluding carboxylic acids is 1. The van der Waals surface area contributed by atoms with Crippen LogP contribution in [0.1, 0.15) is 52.9 Å². The highest BCUT2D eigenvalue weighted by molar-refractivity contribution is 5.77. The predicted octanol–water partition coefficient (Wildman–Crippen LogP) is 2.50. The second kappa shape index (κ2) is 6.89. The van der Waals surface area contributed by atoms with Crippen LogP contribution < -0.4 is 5.32 Å². The molecule has 1 amide bonds. The molecule has 1 aliphatic carbocycles. The molecular weight excluding hydrogens is 202 g/mol. The molecule has 0 aromatic rings. The van der Waals surface area contributed by atoms with Crippen LogP contribution in [-0.4, -0.2) is 24.7 Å². The summed E-state index contributed by atoms with van der Waals surface area (Å²) in [4.78, 5) is 11.6. The van der Waals surface area contributed by atoms with Crippen molar-refractivity contribution in [1.29, 1.82) is 0 Å². The van der Waals surface area contributed by atoms with Crippen LogP contribution in [0.2, 0.25) is 0 Å². The standard InChI is InChI=1S/C13H25NO2/c1-4-11-6-5-7-12(8-11)14-13(15)9-16-10(2)3/h10-12H,4-9H2,1-3H3,(H,14,15). The molecule has 3 heteroatoms. The fourth-order valence-corrected chi connectivity index (χ4v) is 2.30. The van der Waals surface area contributed by atoms with Crippen molar-refractivity contribution < 1.29 is 9.53 Å². The number of amides is 1. The summed E-state index contributed by atoms with van der Waals surface area (Å²) in [6, 6.07) is 0.377. The van der Waals surface area contributed by atoms with Gasteiger partial charge in [0.1, 0.15) is 6.61 Å². The van der Waals surface area contributed by atoms with Crippen molar-refractivity contribution in [1.82, 2.24) is 5.32 Å². The van der Waals surface area contributed by atoms with Crippen LogP contribution in [0.25, 0.3) is 0 Å². The fourth-order valence-electron chi connectivity index (χ4n) is 2.30. The lowest BCUT2D eigenvalue weighted by Crippen LogP contribution is -2.40. The molecular formula is C13H25NO2. The molecule has 0 aromatic heterocycles. The number of carbonyl (C=O) groups is 1. The molecule has 0 radical (unpaired) electrons. The van der Waals surface area contributed by atoms with Crippen molar-refractivity contribution >= 4 is 5.91 Å². The van der Waals surface area contributed by atoms with Gasteiger partial charge < -0.3 is 10.1 Å². The quantitative estimate of drug-likeness (QED) is 0.783. The molecule has 94 valence electrons. The first-order valence-electron chi connectivity index (χ1n) is 6.52. The number of rotatable bonds is 5. The van der Waals surface area contributed by atoms with Crippen LogP contribution in [0, 0.1) is 5.92 Å². The summed E-state index contributed by atoms with van der Waals surface area (Å²) in [6.45, 7) is 6.32. The topological polar surface area (TPSA) is 38.3 Å². The Bertz CT molecular complexity index is 216. The smallest absolute Gasteiger partial charge is 0.246 e. The van der Waals surface area contributed by atoms with Crippen molar-refractivity contribution in [3.05, 3.63) is 0 Å². The summed E-state index contributed by atoms with van der Waals surface area (Å²) in [7, 11) is 0. The van der Waals surface area contributed by atoms with Gasteiger partial charge in [-0.3, -0.25) is 4.79 Å². The molecule has 0 saturated heterocycles. The number of hydrogen-bond acceptors (Lipinski definition) is 2. The zero-order valence-electron chi connectivity index (χ0n) is 10.8. The molecule has 1 aliphatic rings. The van der Waals surface area contributed by atoms with Crippen molar-refractivity contribution in [2.24, 2.45) is 5.92 Å². The maximum absolute atomic E-state index is 11.6. The minimum atomic E-state index is 0.0375. The summed E-state index contributed by atoms with van der Waals surface area (Å²) >= 11 is 0. The molecule has 0 spiro atoms. The lowest BCUT2D eigenvalue weighted by atomic mass is 9.84. The van der Waals surface area contributed by atoms with Crippen molar-refractivity contribution in [3.8, 4) is 0 Å². The van der Waals surface area contributed by atoms with Gasteiger partial charge in [-0.2, -0.15) is 0 Å². The van der Waals surface area contributed by atoms with E-state index in [9.17, 15) is 4.79 Å². The zero-order valence-corrected chi connectivity index (χ0v) is 10.8. The first-order chi connectivity index (χ1) is 7.61. The molecule has 3 nitrogen and oxygen atoms in total. The first-order valence-corrected chi connectivity index (χ1v) is 6.52. The second-order valence-corrected chi connectivity index (χ2v) is 5.07. The molecule has 1 fully saturated rings. The number of nitrogens with one attached hydrogen (secondary N) is 1. The molecule has 16 heavy (non-hydrogen) atoms. The lowest BCUT2D eigenvalue weighted by Gasteiger charge is -2.29. The molecule has 0 aromatic carbocycles. The Labute approximate surface area is 98.9 Å². The lowest BCUT2D eigenvalue weighted by molar-refractivity contribution is -0.128. The highest BCUT2D eigenvalue weighted by Crippen LogP contribution is 2.26. The second-order valence-electron chi connectivity index (χ2n) is 5.07. The SMILES string of the molecule is CCC1CCCC(NC(=O)COC(C)C)C1. The van der Waals surface area contributed by atoms with Crippen LogP contribution in [0.5, 0.6) is 0 Å². The highest BCUT2D eigenvalue weighted by atomic mass is 16.5. The minimum Gasteiger partial charge on any atom is -0.369 e. The summed E-state index contributed by atoms with van der Waals surface area (Å²) in [5.74, 6) is 0.834. The van der Waals surface area contributed by atoms with Crippen molar-refractivity contribution in [3.63, 3.8) is 0 Å². The van der Waals surface area contributed by atoms with Crippen LogP contribution in [0.3, 0.4) is 0 Å². The summed E-state index contributed by atoms with van der Waals surface area (Å²) in [5.41, 5.74) is 0. The molecule has 0 heterocycles. The Morgan fingerprint density at radius 1 is 1.44 bits per heavy atom. The van der Waals surface area contributed by atoms with Gasteiger partial charge in [0.15, 0.2) is 0 Å². The Morgan fingerprint density at radius 3 is 2.81 bits per heavy atom. The Balaban J connectivity index is 2.22. The van der Waals surface area contributed by atoms with Gasteiger partial charge in [0, 0.05) is 6.04 Å². The van der Waals surface area contributed by atoms with E-state index >= 15 is 0 Å². The third-order valence-corrected chi connectivity index (χ3v) is 3.27. The van der Waals surface area contributed by atoms with Gasteiger partial charge in [0.05, 0.1) is 6.10 Å². The van der Waals surface area contributed by atoms with E-state index < -0.39 is 0 Å². The van der Waals surface area contributed by atoms with Crippen LogP contribution in [-0.2, 0) is 9.53 Å². The van der Waals surface area contributed by atoms with Gasteiger partial charge in [-0.15, -0.1) is 0 Å². The minimum absolute atomic E-state index is 0.0375. The predicted molar refractivity (Wildman–Crippen MR) is 65.3 cm³/mol. The van der Waals surface area contributed by atoms with Crippen LogP contribution in [0.15, 0.2) is 0 Å². The van der Waals surface area contributed by atoms with E-state index in [0.717, 1.165) is 18.8 Å². The van der Waals surface area contributed by atoms with E-state index in [1.807, 2.05) is 13.8 Å². The largest absolute Gasteiger partial charge is 0.369 e. The van der Waals surface area contributed by atoms with E-state index in [4.69, 9.17) is 4.74 Å². The first kappa shape index (κ1) is 13.5. The monoisotopic (exact) mass is 227 g/mol. The van der Waals surface area contributed by atoms with Crippen molar-refractivity contribution in [2.75, 3.05) is 6.61 Å². The molecule has 1 saturated carbocycles. The van der Waals surface area contributed by atoms with Crippen LogP contribution >= 0.6 is 0 Å². The Kier molecular flexibility index (Phi) is 5.81. The fraction of sp³-hybridized carbons (Fsp3) is 0.923. The van der Waals surface area contributed by atoms with Gasteiger partial charge in [0.25, 0.3) is 0 Å².